The van der Waals surface area contributed by atoms with Crippen molar-refractivity contribution in [1.29, 1.82) is 0 Å². The van der Waals surface area contributed by atoms with E-state index >= 15 is 0 Å². The monoisotopic (exact) mass is 281 g/mol. The molecule has 4 heteroatoms. The second kappa shape index (κ2) is 5.90. The molecular formula is C15H27N3S. The van der Waals surface area contributed by atoms with Gasteiger partial charge in [-0.3, -0.25) is 4.90 Å². The smallest absolute Gasteiger partial charge is 0.0982 e. The highest BCUT2D eigenvalue weighted by Gasteiger charge is 2.23. The van der Waals surface area contributed by atoms with Gasteiger partial charge in [-0.05, 0) is 32.7 Å². The Bertz CT molecular complexity index is 400. The van der Waals surface area contributed by atoms with Crippen molar-refractivity contribution in [3.63, 3.8) is 0 Å². The van der Waals surface area contributed by atoms with E-state index < -0.39 is 0 Å². The molecule has 0 spiro atoms. The largest absolute Gasteiger partial charge is 0.328 e. The molecule has 19 heavy (non-hydrogen) atoms. The van der Waals surface area contributed by atoms with Gasteiger partial charge in [-0.15, -0.1) is 11.3 Å². The van der Waals surface area contributed by atoms with E-state index in [-0.39, 0.29) is 5.41 Å². The molecule has 1 saturated carbocycles. The van der Waals surface area contributed by atoms with E-state index in [1.165, 1.54) is 36.4 Å². The maximum atomic E-state index is 5.97. The van der Waals surface area contributed by atoms with E-state index in [4.69, 9.17) is 10.7 Å². The van der Waals surface area contributed by atoms with Crippen molar-refractivity contribution in [1.82, 2.24) is 9.88 Å². The number of hydrogen-bond donors (Lipinski definition) is 1. The average molecular weight is 281 g/mol. The summed E-state index contributed by atoms with van der Waals surface area (Å²) >= 11 is 1.79. The number of hydrogen-bond acceptors (Lipinski definition) is 4. The van der Waals surface area contributed by atoms with Crippen LogP contribution in [0.25, 0.3) is 0 Å². The van der Waals surface area contributed by atoms with Crippen molar-refractivity contribution in [2.75, 3.05) is 7.05 Å². The molecule has 108 valence electrons. The lowest BCUT2D eigenvalue weighted by Crippen LogP contribution is -2.38. The minimum absolute atomic E-state index is 0.166. The van der Waals surface area contributed by atoms with Crippen LogP contribution in [-0.4, -0.2) is 29.0 Å². The third-order valence-electron chi connectivity index (χ3n) is 3.97. The van der Waals surface area contributed by atoms with Gasteiger partial charge in [0.2, 0.25) is 0 Å². The first-order valence-corrected chi connectivity index (χ1v) is 8.15. The summed E-state index contributed by atoms with van der Waals surface area (Å²) in [4.78, 5) is 7.24. The average Bonchev–Trinajstić information content (AvgIpc) is 2.78. The lowest BCUT2D eigenvalue weighted by Gasteiger charge is -2.33. The first kappa shape index (κ1) is 14.9. The summed E-state index contributed by atoms with van der Waals surface area (Å²) in [5.41, 5.74) is 7.35. The number of nitrogens with zero attached hydrogens (tertiary/aromatic N) is 2. The molecule has 0 bridgehead atoms. The Balaban J connectivity index is 1.92. The second-order valence-electron chi connectivity index (χ2n) is 6.88. The van der Waals surface area contributed by atoms with Gasteiger partial charge in [-0.25, -0.2) is 4.98 Å². The Hall–Kier alpha value is -0.450. The molecule has 0 saturated heterocycles. The normalized spacial score (nSPS) is 24.9. The van der Waals surface area contributed by atoms with Gasteiger partial charge in [0, 0.05) is 29.4 Å². The van der Waals surface area contributed by atoms with Gasteiger partial charge in [0.25, 0.3) is 0 Å². The molecule has 2 rings (SSSR count). The minimum Gasteiger partial charge on any atom is -0.328 e. The zero-order chi connectivity index (χ0) is 14.0. The third kappa shape index (κ3) is 4.01. The Morgan fingerprint density at radius 1 is 1.32 bits per heavy atom. The highest BCUT2D eigenvalue weighted by atomic mass is 32.1. The van der Waals surface area contributed by atoms with Crippen LogP contribution >= 0.6 is 11.3 Å². The molecule has 0 aliphatic heterocycles. The van der Waals surface area contributed by atoms with Crippen molar-refractivity contribution < 1.29 is 0 Å². The molecule has 0 amide bonds. The van der Waals surface area contributed by atoms with Gasteiger partial charge in [0.05, 0.1) is 10.7 Å². The maximum Gasteiger partial charge on any atom is 0.0982 e. The fourth-order valence-corrected chi connectivity index (χ4v) is 3.55. The highest BCUT2D eigenvalue weighted by molar-refractivity contribution is 7.09. The molecule has 0 radical (unpaired) electrons. The molecule has 0 aromatic carbocycles. The predicted molar refractivity (Wildman–Crippen MR) is 82.5 cm³/mol. The summed E-state index contributed by atoms with van der Waals surface area (Å²) in [6.07, 6.45) is 4.79. The number of nitrogens with two attached hydrogens (primary N) is 1. The molecule has 3 nitrogen and oxygen atoms in total. The van der Waals surface area contributed by atoms with Gasteiger partial charge in [-0.2, -0.15) is 0 Å². The highest BCUT2D eigenvalue weighted by Crippen LogP contribution is 2.27. The molecule has 0 unspecified atom stereocenters. The molecule has 1 aromatic rings. The lowest BCUT2D eigenvalue weighted by molar-refractivity contribution is 0.174. The van der Waals surface area contributed by atoms with Gasteiger partial charge in [-0.1, -0.05) is 20.8 Å². The van der Waals surface area contributed by atoms with Crippen molar-refractivity contribution in [3.05, 3.63) is 16.1 Å². The molecule has 1 aliphatic carbocycles. The SMILES string of the molecule is CN(Cc1csc(C(C)(C)C)n1)C1CCC(N)CC1. The van der Waals surface area contributed by atoms with Crippen LogP contribution in [0.5, 0.6) is 0 Å². The minimum atomic E-state index is 0.166. The van der Waals surface area contributed by atoms with E-state index in [2.05, 4.69) is 38.1 Å². The van der Waals surface area contributed by atoms with E-state index in [9.17, 15) is 0 Å². The first-order chi connectivity index (χ1) is 8.86. The summed E-state index contributed by atoms with van der Waals surface area (Å²) < 4.78 is 0. The molecular weight excluding hydrogens is 254 g/mol. The van der Waals surface area contributed by atoms with E-state index in [0.717, 1.165) is 6.54 Å². The molecule has 1 heterocycles. The van der Waals surface area contributed by atoms with E-state index in [1.807, 2.05) is 0 Å². The van der Waals surface area contributed by atoms with E-state index in [1.54, 1.807) is 11.3 Å². The van der Waals surface area contributed by atoms with Crippen molar-refractivity contribution >= 4 is 11.3 Å². The predicted octanol–water partition coefficient (Wildman–Crippen LogP) is 3.14. The molecule has 1 aliphatic rings. The Morgan fingerprint density at radius 2 is 1.95 bits per heavy atom. The van der Waals surface area contributed by atoms with Crippen LogP contribution in [0, 0.1) is 0 Å². The van der Waals surface area contributed by atoms with Crippen molar-refractivity contribution in [2.45, 2.75) is 70.5 Å². The summed E-state index contributed by atoms with van der Waals surface area (Å²) in [7, 11) is 2.22. The zero-order valence-electron chi connectivity index (χ0n) is 12.6. The Kier molecular flexibility index (Phi) is 4.64. The lowest BCUT2D eigenvalue weighted by atomic mass is 9.91. The quantitative estimate of drug-likeness (QED) is 0.925. The summed E-state index contributed by atoms with van der Waals surface area (Å²) in [5.74, 6) is 0. The number of thiazole rings is 1. The zero-order valence-corrected chi connectivity index (χ0v) is 13.5. The maximum absolute atomic E-state index is 5.97. The van der Waals surface area contributed by atoms with Crippen LogP contribution in [-0.2, 0) is 12.0 Å². The Morgan fingerprint density at radius 3 is 2.47 bits per heavy atom. The van der Waals surface area contributed by atoms with Crippen molar-refractivity contribution in [2.24, 2.45) is 5.73 Å². The van der Waals surface area contributed by atoms with Crippen molar-refractivity contribution in [3.8, 4) is 0 Å². The Labute approximate surface area is 121 Å². The van der Waals surface area contributed by atoms with Gasteiger partial charge in [0.1, 0.15) is 0 Å². The molecule has 1 aromatic heterocycles. The summed E-state index contributed by atoms with van der Waals surface area (Å²) in [5, 5.41) is 3.45. The molecule has 0 atom stereocenters. The fourth-order valence-electron chi connectivity index (χ4n) is 2.65. The topological polar surface area (TPSA) is 42.2 Å². The molecule has 2 N–H and O–H groups in total. The van der Waals surface area contributed by atoms with Gasteiger partial charge < -0.3 is 5.73 Å². The van der Waals surface area contributed by atoms with Crippen LogP contribution in [0.3, 0.4) is 0 Å². The summed E-state index contributed by atoms with van der Waals surface area (Å²) in [6.45, 7) is 7.64. The first-order valence-electron chi connectivity index (χ1n) is 7.27. The van der Waals surface area contributed by atoms with Crippen LogP contribution in [0.15, 0.2) is 5.38 Å². The van der Waals surface area contributed by atoms with Crippen LogP contribution < -0.4 is 5.73 Å². The van der Waals surface area contributed by atoms with Crippen LogP contribution in [0.1, 0.15) is 57.2 Å². The second-order valence-corrected chi connectivity index (χ2v) is 7.74. The standard InChI is InChI=1S/C15H27N3S/c1-15(2,3)14-17-12(10-19-14)9-18(4)13-7-5-11(16)6-8-13/h10-11,13H,5-9,16H2,1-4H3. The number of aromatic nitrogens is 1. The number of rotatable bonds is 3. The van der Waals surface area contributed by atoms with Crippen LogP contribution in [0.4, 0.5) is 0 Å². The van der Waals surface area contributed by atoms with Gasteiger partial charge >= 0.3 is 0 Å². The third-order valence-corrected chi connectivity index (χ3v) is 5.29. The van der Waals surface area contributed by atoms with Crippen LogP contribution in [0.2, 0.25) is 0 Å². The summed E-state index contributed by atoms with van der Waals surface area (Å²) in [6, 6.07) is 1.11. The van der Waals surface area contributed by atoms with E-state index in [0.29, 0.717) is 12.1 Å². The fraction of sp³-hybridized carbons (Fsp3) is 0.800. The molecule has 1 fully saturated rings. The van der Waals surface area contributed by atoms with Gasteiger partial charge in [0.15, 0.2) is 0 Å².